The van der Waals surface area contributed by atoms with Crippen LogP contribution in [-0.2, 0) is 40.1 Å². The van der Waals surface area contributed by atoms with Crippen molar-refractivity contribution in [1.29, 1.82) is 5.41 Å². The zero-order valence-electron chi connectivity index (χ0n) is 32.5. The zero-order valence-corrected chi connectivity index (χ0v) is 32.5. The second kappa shape index (κ2) is 12.6. The maximum Gasteiger partial charge on any atom is 0.251 e. The number of nitrogens with zero attached hydrogens (tertiary/aromatic N) is 3. The number of carbonyl (C=O) groups is 3. The highest BCUT2D eigenvalue weighted by Crippen LogP contribution is 2.59. The molecule has 9 heteroatoms. The fourth-order valence-electron chi connectivity index (χ4n) is 11.3. The van der Waals surface area contributed by atoms with E-state index >= 15 is 4.79 Å². The van der Waals surface area contributed by atoms with E-state index in [0.717, 1.165) is 120 Å². The number of nitrogens with one attached hydrogen (secondary N) is 3. The second-order valence-corrected chi connectivity index (χ2v) is 16.4. The van der Waals surface area contributed by atoms with Crippen molar-refractivity contribution >= 4 is 94.9 Å². The number of ketones is 1. The van der Waals surface area contributed by atoms with Gasteiger partial charge < -0.3 is 20.4 Å². The summed E-state index contributed by atoms with van der Waals surface area (Å²) in [4.78, 5) is 50.9. The van der Waals surface area contributed by atoms with Crippen molar-refractivity contribution in [2.75, 3.05) is 46.6 Å². The number of anilines is 4. The number of rotatable bonds is 5. The first-order valence-corrected chi connectivity index (χ1v) is 20.4. The Labute approximate surface area is 335 Å². The predicted octanol–water partition coefficient (Wildman–Crippen LogP) is 9.01. The molecule has 6 aromatic rings. The molecule has 4 heterocycles. The lowest BCUT2D eigenvalue weighted by Gasteiger charge is -2.42. The van der Waals surface area contributed by atoms with E-state index in [1.165, 1.54) is 35.7 Å². The molecular formula is C49H40N6O3. The molecule has 0 aromatic heterocycles. The molecule has 1 unspecified atom stereocenters. The van der Waals surface area contributed by atoms with Crippen molar-refractivity contribution in [3.63, 3.8) is 0 Å². The van der Waals surface area contributed by atoms with E-state index in [1.54, 1.807) is 0 Å². The monoisotopic (exact) mass is 760 g/mol. The molecule has 0 spiro atoms. The van der Waals surface area contributed by atoms with Gasteiger partial charge in [0.25, 0.3) is 5.70 Å². The van der Waals surface area contributed by atoms with Gasteiger partial charge in [0.2, 0.25) is 11.8 Å². The quantitative estimate of drug-likeness (QED) is 0.0924. The minimum Gasteiger partial charge on any atom is -0.370 e. The van der Waals surface area contributed by atoms with Gasteiger partial charge in [0.05, 0.1) is 35.2 Å². The normalized spacial score (nSPS) is 17.7. The molecule has 1 atom stereocenters. The molecule has 6 aromatic carbocycles. The van der Waals surface area contributed by atoms with Crippen molar-refractivity contribution in [1.82, 2.24) is 0 Å². The predicted molar refractivity (Wildman–Crippen MR) is 233 cm³/mol. The van der Waals surface area contributed by atoms with Crippen molar-refractivity contribution < 1.29 is 14.4 Å². The summed E-state index contributed by atoms with van der Waals surface area (Å²) in [7, 11) is 0. The first kappa shape index (κ1) is 34.5. The highest BCUT2D eigenvalue weighted by Gasteiger charge is 2.48. The molecule has 0 fully saturated rings. The summed E-state index contributed by atoms with van der Waals surface area (Å²) in [6.45, 7) is 15.0. The van der Waals surface area contributed by atoms with E-state index in [4.69, 9.17) is 12.0 Å². The topological polar surface area (TPSA) is 110 Å². The SMILES string of the molecule is [C-]#[N+]C(=C=N)C1=C(c2c(NC(C)=O)c3c4c5c(c6ccccc6cc25)CCN4CCC3)C(=O)C1c1c(NC(C)=O)c2c3c4c(c5ccccc5cc14)CCN3CCC2. The molecule has 5 aliphatic rings. The summed E-state index contributed by atoms with van der Waals surface area (Å²) in [5.41, 5.74) is 9.91. The van der Waals surface area contributed by atoms with Crippen LogP contribution in [0.4, 0.5) is 22.7 Å². The Morgan fingerprint density at radius 3 is 1.83 bits per heavy atom. The molecule has 3 N–H and O–H groups in total. The third-order valence-electron chi connectivity index (χ3n) is 13.3. The summed E-state index contributed by atoms with van der Waals surface area (Å²) >= 11 is 0. The van der Waals surface area contributed by atoms with E-state index in [1.807, 2.05) is 12.1 Å². The molecule has 1 aliphatic carbocycles. The van der Waals surface area contributed by atoms with Gasteiger partial charge in [-0.05, 0) is 111 Å². The minimum atomic E-state index is -0.962. The van der Waals surface area contributed by atoms with E-state index < -0.39 is 5.92 Å². The van der Waals surface area contributed by atoms with Crippen LogP contribution in [-0.4, -0.2) is 49.6 Å². The molecule has 4 aliphatic heterocycles. The van der Waals surface area contributed by atoms with Crippen molar-refractivity contribution in [3.8, 4) is 0 Å². The van der Waals surface area contributed by atoms with Crippen molar-refractivity contribution in [2.45, 2.75) is 58.3 Å². The number of hydrogen-bond donors (Lipinski definition) is 3. The molecule has 58 heavy (non-hydrogen) atoms. The van der Waals surface area contributed by atoms with Crippen LogP contribution in [0, 0.1) is 12.0 Å². The number of carbonyl (C=O) groups excluding carboxylic acids is 3. The van der Waals surface area contributed by atoms with E-state index in [2.05, 4.69) is 79.7 Å². The van der Waals surface area contributed by atoms with Gasteiger partial charge in [-0.15, -0.1) is 0 Å². The van der Waals surface area contributed by atoms with E-state index in [9.17, 15) is 9.59 Å². The van der Waals surface area contributed by atoms with Crippen LogP contribution in [0.25, 0.3) is 53.5 Å². The first-order valence-electron chi connectivity index (χ1n) is 20.4. The largest absolute Gasteiger partial charge is 0.370 e. The fraction of sp³-hybridized carbons (Fsp3) is 0.265. The van der Waals surface area contributed by atoms with Crippen LogP contribution in [0.3, 0.4) is 0 Å². The van der Waals surface area contributed by atoms with Gasteiger partial charge >= 0.3 is 0 Å². The third kappa shape index (κ3) is 4.64. The summed E-state index contributed by atoms with van der Waals surface area (Å²) in [5, 5.41) is 23.3. The van der Waals surface area contributed by atoms with Crippen LogP contribution in [0.15, 0.2) is 71.9 Å². The fourth-order valence-corrected chi connectivity index (χ4v) is 11.3. The summed E-state index contributed by atoms with van der Waals surface area (Å²) < 4.78 is 0. The van der Waals surface area contributed by atoms with Crippen molar-refractivity contribution in [3.05, 3.63) is 117 Å². The Morgan fingerprint density at radius 2 is 1.26 bits per heavy atom. The molecule has 0 bridgehead atoms. The van der Waals surface area contributed by atoms with Gasteiger partial charge in [-0.1, -0.05) is 48.5 Å². The number of hydrogen-bond acceptors (Lipinski definition) is 6. The Bertz CT molecular complexity index is 3090. The number of Topliss-reactive ketones (excluding diaryl/α,β-unsaturated/α-hetero) is 1. The zero-order chi connectivity index (χ0) is 39.6. The summed E-state index contributed by atoms with van der Waals surface area (Å²) in [5.74, 6) is 0.793. The first-order chi connectivity index (χ1) is 28.3. The Balaban J connectivity index is 1.30. The number of amides is 2. The Hall–Kier alpha value is -6.75. The molecule has 284 valence electrons. The smallest absolute Gasteiger partial charge is 0.251 e. The third-order valence-corrected chi connectivity index (χ3v) is 13.3. The van der Waals surface area contributed by atoms with Crippen LogP contribution in [0.1, 0.15) is 66.0 Å². The number of fused-ring (bicyclic) bond motifs is 4. The lowest BCUT2D eigenvalue weighted by molar-refractivity contribution is -0.116. The van der Waals surface area contributed by atoms with Crippen LogP contribution >= 0.6 is 0 Å². The Kier molecular flexibility index (Phi) is 7.51. The van der Waals surface area contributed by atoms with E-state index in [0.29, 0.717) is 33.6 Å². The van der Waals surface area contributed by atoms with Gasteiger partial charge in [0.15, 0.2) is 5.78 Å². The lowest BCUT2D eigenvalue weighted by atomic mass is 9.65. The van der Waals surface area contributed by atoms with Gasteiger partial charge in [-0.25, -0.2) is 4.85 Å². The molecule has 0 saturated heterocycles. The lowest BCUT2D eigenvalue weighted by Crippen LogP contribution is -2.37. The van der Waals surface area contributed by atoms with Crippen LogP contribution in [0.5, 0.6) is 0 Å². The highest BCUT2D eigenvalue weighted by atomic mass is 16.2. The van der Waals surface area contributed by atoms with E-state index in [-0.39, 0.29) is 23.3 Å². The van der Waals surface area contributed by atoms with Gasteiger partial charge in [-0.3, -0.25) is 19.8 Å². The van der Waals surface area contributed by atoms with Crippen molar-refractivity contribution in [2.24, 2.45) is 0 Å². The maximum atomic E-state index is 15.8. The Morgan fingerprint density at radius 1 is 0.724 bits per heavy atom. The summed E-state index contributed by atoms with van der Waals surface area (Å²) in [6, 6.07) is 21.0. The van der Waals surface area contributed by atoms with Gasteiger partial charge in [-0.2, -0.15) is 0 Å². The number of allylic oxidation sites excluding steroid dienone is 2. The molecule has 0 radical (unpaired) electrons. The standard InChI is InChI=1S/C49H40N6O3/c1-25(56)52-45-33-14-8-18-54-20-16-31-29-12-6-4-10-27(29)22-35(38(31)47(33)54)40(45)43-42(37(24-50)51-3)44(49(43)58)41-36-23-28-11-5-7-13-30(28)32-17-21-55-19-9-15-34(48(55)39(32)36)46(41)53-26(2)57/h4-7,10-13,22-23,43,50H,8-9,14-21H2,1-2H3,(H,52,56)(H,53,57). The van der Waals surface area contributed by atoms with Gasteiger partial charge in [0.1, 0.15) is 0 Å². The maximum absolute atomic E-state index is 15.8. The second-order valence-electron chi connectivity index (χ2n) is 16.4. The number of benzene rings is 6. The van der Waals surface area contributed by atoms with Crippen LogP contribution < -0.4 is 20.4 Å². The molecular weight excluding hydrogens is 721 g/mol. The molecule has 0 saturated carbocycles. The summed E-state index contributed by atoms with van der Waals surface area (Å²) in [6.07, 6.45) is 4.95. The molecule has 2 amide bonds. The average molecular weight is 761 g/mol. The average Bonchev–Trinajstić information content (AvgIpc) is 3.23. The minimum absolute atomic E-state index is 0.0524. The van der Waals surface area contributed by atoms with Gasteiger partial charge in [0, 0.05) is 73.1 Å². The highest BCUT2D eigenvalue weighted by molar-refractivity contribution is 6.39. The molecule has 9 nitrogen and oxygen atoms in total. The van der Waals surface area contributed by atoms with Crippen LogP contribution in [0.2, 0.25) is 0 Å². The molecule has 11 rings (SSSR count).